The van der Waals surface area contributed by atoms with Crippen LogP contribution in [0.15, 0.2) is 48.5 Å². The van der Waals surface area contributed by atoms with Crippen molar-refractivity contribution in [2.75, 3.05) is 0 Å². The molecule has 4 nitrogen and oxygen atoms in total. The van der Waals surface area contributed by atoms with E-state index in [4.69, 9.17) is 0 Å². The van der Waals surface area contributed by atoms with Gasteiger partial charge >= 0.3 is 12.1 Å². The Morgan fingerprint density at radius 3 is 1.69 bits per heavy atom. The largest absolute Gasteiger partial charge is 0.480 e. The van der Waals surface area contributed by atoms with Crippen LogP contribution in [0.2, 0.25) is 0 Å². The zero-order valence-electron chi connectivity index (χ0n) is 17.2. The quantitative estimate of drug-likeness (QED) is 0.434. The van der Waals surface area contributed by atoms with Gasteiger partial charge in [-0.05, 0) is 36.1 Å². The lowest BCUT2D eigenvalue weighted by Gasteiger charge is -2.28. The van der Waals surface area contributed by atoms with E-state index in [1.807, 2.05) is 5.32 Å². The lowest BCUT2D eigenvalue weighted by atomic mass is 9.96. The maximum Gasteiger partial charge on any atom is 0.407 e. The summed E-state index contributed by atoms with van der Waals surface area (Å²) < 4.78 is 79.9. The van der Waals surface area contributed by atoms with Crippen LogP contribution in [0, 0.1) is 0 Å². The van der Waals surface area contributed by atoms with Crippen LogP contribution in [0.3, 0.4) is 0 Å². The monoisotopic (exact) mass is 463 g/mol. The third kappa shape index (κ3) is 6.96. The number of benzene rings is 2. The van der Waals surface area contributed by atoms with Gasteiger partial charge in [0.05, 0.1) is 0 Å². The van der Waals surface area contributed by atoms with Crippen molar-refractivity contribution >= 4 is 5.97 Å². The van der Waals surface area contributed by atoms with E-state index in [1.54, 1.807) is 0 Å². The number of nitrogens with one attached hydrogen (secondary N) is 1. The van der Waals surface area contributed by atoms with Gasteiger partial charge in [0, 0.05) is 6.42 Å². The molecule has 0 aliphatic carbocycles. The maximum absolute atomic E-state index is 13.9. The van der Waals surface area contributed by atoms with Crippen molar-refractivity contribution < 1.29 is 41.4 Å². The Hall–Kier alpha value is -2.59. The van der Waals surface area contributed by atoms with E-state index >= 15 is 0 Å². The van der Waals surface area contributed by atoms with Crippen LogP contribution in [0.25, 0.3) is 11.1 Å². The summed E-state index contributed by atoms with van der Waals surface area (Å²) in [6.45, 7) is 2.15. The number of carbonyl (C=O) groups is 1. The summed E-state index contributed by atoms with van der Waals surface area (Å²) in [6, 6.07) is 6.39. The minimum absolute atomic E-state index is 0.00259. The average molecular weight is 463 g/mol. The van der Waals surface area contributed by atoms with E-state index in [2.05, 4.69) is 0 Å². The number of hydrogen-bond donors (Lipinski definition) is 3. The number of carboxylic acids is 1. The van der Waals surface area contributed by atoms with Crippen molar-refractivity contribution in [3.05, 3.63) is 59.7 Å². The third-order valence-corrected chi connectivity index (χ3v) is 4.75. The molecule has 2 aromatic carbocycles. The lowest BCUT2D eigenvalue weighted by Crippen LogP contribution is -2.47. The van der Waals surface area contributed by atoms with Gasteiger partial charge in [0.15, 0.2) is 0 Å². The SMILES string of the molecule is CC(C)(F)C[C@H](N[C@@H](c1ccc(-c2ccc([C@@H](O)C(F)F)cc2)cc1)C(F)(F)F)C(=O)O. The average Bonchev–Trinajstić information content (AvgIpc) is 2.69. The molecule has 2 aromatic rings. The van der Waals surface area contributed by atoms with Crippen molar-refractivity contribution in [2.45, 2.75) is 56.7 Å². The zero-order chi connectivity index (χ0) is 24.3. The highest BCUT2D eigenvalue weighted by atomic mass is 19.4. The highest BCUT2D eigenvalue weighted by Gasteiger charge is 2.43. The Kier molecular flexibility index (Phi) is 7.95. The molecule has 3 atom stereocenters. The molecule has 0 saturated carbocycles. The van der Waals surface area contributed by atoms with Gasteiger partial charge in [-0.25, -0.2) is 13.2 Å². The molecular weight excluding hydrogens is 440 g/mol. The highest BCUT2D eigenvalue weighted by Crippen LogP contribution is 2.35. The second kappa shape index (κ2) is 9.91. The predicted molar refractivity (Wildman–Crippen MR) is 106 cm³/mol. The van der Waals surface area contributed by atoms with Crippen molar-refractivity contribution in [1.29, 1.82) is 0 Å². The molecule has 0 aliphatic rings. The fourth-order valence-electron chi connectivity index (χ4n) is 3.17. The predicted octanol–water partition coefficient (Wildman–Crippen LogP) is 5.44. The topological polar surface area (TPSA) is 69.6 Å². The summed E-state index contributed by atoms with van der Waals surface area (Å²) in [4.78, 5) is 11.4. The Bertz CT molecular complexity index is 892. The fourth-order valence-corrected chi connectivity index (χ4v) is 3.17. The molecule has 0 spiro atoms. The lowest BCUT2D eigenvalue weighted by molar-refractivity contribution is -0.164. The van der Waals surface area contributed by atoms with E-state index in [9.17, 15) is 41.4 Å². The van der Waals surface area contributed by atoms with Gasteiger partial charge in [-0.1, -0.05) is 48.5 Å². The van der Waals surface area contributed by atoms with Crippen LogP contribution >= 0.6 is 0 Å². The number of aliphatic hydroxyl groups is 1. The number of alkyl halides is 6. The number of carboxylic acid groups (broad SMARTS) is 1. The Morgan fingerprint density at radius 1 is 0.906 bits per heavy atom. The molecule has 3 N–H and O–H groups in total. The van der Waals surface area contributed by atoms with Crippen molar-refractivity contribution in [3.63, 3.8) is 0 Å². The molecule has 0 heterocycles. The van der Waals surface area contributed by atoms with Gasteiger partial charge in [0.1, 0.15) is 23.9 Å². The van der Waals surface area contributed by atoms with Crippen LogP contribution in [0.4, 0.5) is 26.3 Å². The molecule has 0 unspecified atom stereocenters. The Labute approximate surface area is 180 Å². The molecule has 0 aliphatic heterocycles. The van der Waals surface area contributed by atoms with Crippen LogP contribution < -0.4 is 5.32 Å². The summed E-state index contributed by atoms with van der Waals surface area (Å²) in [7, 11) is 0. The molecular formula is C22H23F6NO3. The summed E-state index contributed by atoms with van der Waals surface area (Å²) >= 11 is 0. The zero-order valence-corrected chi connectivity index (χ0v) is 17.2. The van der Waals surface area contributed by atoms with Gasteiger partial charge < -0.3 is 10.2 Å². The van der Waals surface area contributed by atoms with Gasteiger partial charge in [-0.15, -0.1) is 0 Å². The van der Waals surface area contributed by atoms with Crippen LogP contribution in [0.5, 0.6) is 0 Å². The summed E-state index contributed by atoms with van der Waals surface area (Å²) in [5.74, 6) is -1.60. The summed E-state index contributed by atoms with van der Waals surface area (Å²) in [5, 5.41) is 20.6. The minimum atomic E-state index is -4.84. The molecule has 0 radical (unpaired) electrons. The van der Waals surface area contributed by atoms with Gasteiger partial charge in [-0.3, -0.25) is 10.1 Å². The van der Waals surface area contributed by atoms with E-state index in [0.717, 1.165) is 26.0 Å². The molecule has 0 saturated heterocycles. The Balaban J connectivity index is 2.27. The smallest absolute Gasteiger partial charge is 0.407 e. The highest BCUT2D eigenvalue weighted by molar-refractivity contribution is 5.73. The van der Waals surface area contributed by atoms with E-state index in [1.165, 1.54) is 36.4 Å². The first-order chi connectivity index (χ1) is 14.7. The fraction of sp³-hybridized carbons (Fsp3) is 0.409. The first-order valence-corrected chi connectivity index (χ1v) is 9.60. The van der Waals surface area contributed by atoms with Crippen molar-refractivity contribution in [2.24, 2.45) is 0 Å². The van der Waals surface area contributed by atoms with E-state index in [0.29, 0.717) is 11.1 Å². The molecule has 10 heteroatoms. The molecule has 2 rings (SSSR count). The second-order valence-electron chi connectivity index (χ2n) is 7.98. The number of halogens is 6. The minimum Gasteiger partial charge on any atom is -0.480 e. The van der Waals surface area contributed by atoms with Gasteiger partial charge in [0.25, 0.3) is 6.43 Å². The molecule has 0 aromatic heterocycles. The standard InChI is InChI=1S/C22H23F6NO3/c1-21(2,25)11-16(20(31)32)29-18(22(26,27)28)15-9-5-13(6-10-15)12-3-7-14(8-4-12)17(30)19(23)24/h3-10,16-19,29-30H,11H2,1-2H3,(H,31,32)/t16-,17+,18-/m0/s1. The molecule has 0 fully saturated rings. The Morgan fingerprint density at radius 2 is 1.34 bits per heavy atom. The number of aliphatic hydroxyl groups excluding tert-OH is 1. The molecule has 0 bridgehead atoms. The molecule has 176 valence electrons. The number of rotatable bonds is 9. The van der Waals surface area contributed by atoms with E-state index < -0.39 is 48.8 Å². The van der Waals surface area contributed by atoms with Crippen LogP contribution in [0.1, 0.15) is 43.5 Å². The second-order valence-corrected chi connectivity index (χ2v) is 7.98. The third-order valence-electron chi connectivity index (χ3n) is 4.75. The van der Waals surface area contributed by atoms with Gasteiger partial charge in [-0.2, -0.15) is 13.2 Å². The van der Waals surface area contributed by atoms with Crippen LogP contribution in [-0.4, -0.2) is 40.5 Å². The normalized spacial score (nSPS) is 15.4. The maximum atomic E-state index is 13.9. The molecule has 32 heavy (non-hydrogen) atoms. The van der Waals surface area contributed by atoms with Crippen LogP contribution in [-0.2, 0) is 4.79 Å². The first kappa shape index (κ1) is 25.7. The summed E-state index contributed by atoms with van der Waals surface area (Å²) in [6.07, 6.45) is -10.4. The first-order valence-electron chi connectivity index (χ1n) is 9.60. The van der Waals surface area contributed by atoms with Crippen molar-refractivity contribution in [1.82, 2.24) is 5.32 Å². The number of aliphatic carboxylic acids is 1. The van der Waals surface area contributed by atoms with Gasteiger partial charge in [0.2, 0.25) is 0 Å². The number of hydrogen-bond acceptors (Lipinski definition) is 3. The van der Waals surface area contributed by atoms with E-state index in [-0.39, 0.29) is 11.1 Å². The molecule has 0 amide bonds. The van der Waals surface area contributed by atoms with Crippen molar-refractivity contribution in [3.8, 4) is 11.1 Å². The summed E-state index contributed by atoms with van der Waals surface area (Å²) in [5.41, 5.74) is -1.28.